The van der Waals surface area contributed by atoms with Crippen molar-refractivity contribution in [3.05, 3.63) is 58.5 Å². The molecule has 3 aromatic heterocycles. The van der Waals surface area contributed by atoms with E-state index >= 15 is 4.39 Å². The van der Waals surface area contributed by atoms with Gasteiger partial charge in [-0.2, -0.15) is 0 Å². The largest absolute Gasteiger partial charge is 0.488 e. The van der Waals surface area contributed by atoms with Gasteiger partial charge in [0.15, 0.2) is 11.6 Å². The van der Waals surface area contributed by atoms with Crippen LogP contribution in [0.5, 0.6) is 11.6 Å². The Morgan fingerprint density at radius 1 is 1.13 bits per heavy atom. The van der Waals surface area contributed by atoms with E-state index in [9.17, 15) is 9.90 Å². The monoisotopic (exact) mass is 588 g/mol. The molecule has 3 heterocycles. The second-order valence-electron chi connectivity index (χ2n) is 8.48. The Morgan fingerprint density at radius 3 is 2.56 bits per heavy atom. The van der Waals surface area contributed by atoms with E-state index in [0.717, 1.165) is 16.0 Å². The highest BCUT2D eigenvalue weighted by Crippen LogP contribution is 2.40. The van der Waals surface area contributed by atoms with Crippen LogP contribution in [0.4, 0.5) is 14.9 Å². The molecule has 200 valence electrons. The van der Waals surface area contributed by atoms with Crippen LogP contribution < -0.4 is 14.4 Å². The van der Waals surface area contributed by atoms with Gasteiger partial charge in [-0.3, -0.25) is 4.90 Å². The Kier molecular flexibility index (Phi) is 7.34. The van der Waals surface area contributed by atoms with Crippen LogP contribution in [0.2, 0.25) is 10.3 Å². The molecule has 0 aliphatic rings. The van der Waals surface area contributed by atoms with E-state index in [-0.39, 0.29) is 33.9 Å². The molecule has 39 heavy (non-hydrogen) atoms. The first-order valence-electron chi connectivity index (χ1n) is 11.4. The summed E-state index contributed by atoms with van der Waals surface area (Å²) >= 11 is 13.4. The van der Waals surface area contributed by atoms with Crippen LogP contribution in [-0.2, 0) is 0 Å². The van der Waals surface area contributed by atoms with Crippen LogP contribution >= 0.6 is 34.5 Å². The van der Waals surface area contributed by atoms with E-state index in [1.807, 2.05) is 19.1 Å². The van der Waals surface area contributed by atoms with Gasteiger partial charge in [0.25, 0.3) is 0 Å². The van der Waals surface area contributed by atoms with E-state index in [0.29, 0.717) is 26.6 Å². The van der Waals surface area contributed by atoms with Crippen molar-refractivity contribution in [2.45, 2.75) is 19.9 Å². The van der Waals surface area contributed by atoms with E-state index in [1.165, 1.54) is 43.1 Å². The number of methoxy groups -OCH3 is 1. The van der Waals surface area contributed by atoms with Crippen LogP contribution in [0.25, 0.3) is 31.8 Å². The number of nitrogens with zero attached hydrogens (tertiary/aromatic N) is 6. The smallest absolute Gasteiger partial charge is 0.412 e. The molecule has 2 aromatic carbocycles. The minimum atomic E-state index is -1.26. The third-order valence-electron chi connectivity index (χ3n) is 5.75. The molecular weight excluding hydrogens is 570 g/mol. The Morgan fingerprint density at radius 2 is 1.87 bits per heavy atom. The summed E-state index contributed by atoms with van der Waals surface area (Å²) in [5.74, 6) is -0.552. The maximum atomic E-state index is 15.2. The SMILES string of the molecule is COc1cnc2c(-c3nc4c(Cl)c(F)c(OC[C@@H](C)N(C(=O)O)c5cnc(Cl)nc5)cc4s3)cc(C)cc2n1. The molecule has 0 bridgehead atoms. The molecule has 14 heteroatoms. The number of ether oxygens (including phenoxy) is 2. The number of hydrogen-bond acceptors (Lipinski definition) is 9. The van der Waals surface area contributed by atoms with E-state index in [1.54, 1.807) is 6.92 Å². The van der Waals surface area contributed by atoms with Crippen molar-refractivity contribution in [2.75, 3.05) is 18.6 Å². The van der Waals surface area contributed by atoms with Crippen LogP contribution in [0, 0.1) is 12.7 Å². The molecule has 0 radical (unpaired) electrons. The second kappa shape index (κ2) is 10.7. The number of thiazole rings is 1. The lowest BCUT2D eigenvalue weighted by Gasteiger charge is -2.26. The number of carbonyl (C=O) groups is 1. The summed E-state index contributed by atoms with van der Waals surface area (Å²) < 4.78 is 26.7. The van der Waals surface area contributed by atoms with Crippen molar-refractivity contribution in [1.82, 2.24) is 24.9 Å². The molecule has 1 amide bonds. The number of rotatable bonds is 7. The van der Waals surface area contributed by atoms with E-state index in [4.69, 9.17) is 32.7 Å². The van der Waals surface area contributed by atoms with Crippen LogP contribution in [0.3, 0.4) is 0 Å². The zero-order chi connectivity index (χ0) is 27.8. The highest BCUT2D eigenvalue weighted by molar-refractivity contribution is 7.21. The molecule has 1 atom stereocenters. The summed E-state index contributed by atoms with van der Waals surface area (Å²) in [5, 5.41) is 10.1. The second-order valence-corrected chi connectivity index (χ2v) is 10.2. The fraction of sp³-hybridized carbons (Fsp3) is 0.200. The molecular formula is C25H19Cl2FN6O4S. The number of hydrogen-bond donors (Lipinski definition) is 1. The topological polar surface area (TPSA) is 123 Å². The normalized spacial score (nSPS) is 12.1. The fourth-order valence-corrected chi connectivity index (χ4v) is 5.39. The first kappa shape index (κ1) is 26.7. The quantitative estimate of drug-likeness (QED) is 0.215. The summed E-state index contributed by atoms with van der Waals surface area (Å²) in [4.78, 5) is 34.1. The lowest BCUT2D eigenvalue weighted by atomic mass is 10.1. The van der Waals surface area contributed by atoms with Crippen molar-refractivity contribution in [3.8, 4) is 22.2 Å². The fourth-order valence-electron chi connectivity index (χ4n) is 3.98. The Labute approximate surface area is 235 Å². The van der Waals surface area contributed by atoms with Crippen LogP contribution in [0.1, 0.15) is 12.5 Å². The molecule has 0 fully saturated rings. The minimum absolute atomic E-state index is 0.0210. The maximum absolute atomic E-state index is 15.2. The van der Waals surface area contributed by atoms with Gasteiger partial charge in [0.2, 0.25) is 11.2 Å². The van der Waals surface area contributed by atoms with Crippen molar-refractivity contribution in [2.24, 2.45) is 0 Å². The Hall–Kier alpha value is -3.87. The summed E-state index contributed by atoms with van der Waals surface area (Å²) in [5.41, 5.74) is 3.36. The zero-order valence-corrected chi connectivity index (χ0v) is 23.0. The van der Waals surface area contributed by atoms with Crippen LogP contribution in [0.15, 0.2) is 36.8 Å². The number of fused-ring (bicyclic) bond motifs is 2. The lowest BCUT2D eigenvalue weighted by Crippen LogP contribution is -2.41. The molecule has 10 nitrogen and oxygen atoms in total. The maximum Gasteiger partial charge on any atom is 0.412 e. The third kappa shape index (κ3) is 5.22. The standard InChI is InChI=1S/C25H19Cl2FN6O4S/c1-11-4-14(21-15(5-11)32-18(37-3)9-29-21)23-33-22-17(39-23)6-16(20(28)19(22)26)38-10-12(2)34(25(35)36)13-7-30-24(27)31-8-13/h4-9,12H,10H2,1-3H3,(H,35,36)/t12-/m1/s1. The van der Waals surface area contributed by atoms with Gasteiger partial charge < -0.3 is 14.6 Å². The van der Waals surface area contributed by atoms with Crippen molar-refractivity contribution in [3.63, 3.8) is 0 Å². The minimum Gasteiger partial charge on any atom is -0.488 e. The van der Waals surface area contributed by atoms with Gasteiger partial charge >= 0.3 is 6.09 Å². The number of benzene rings is 2. The summed E-state index contributed by atoms with van der Waals surface area (Å²) in [7, 11) is 1.52. The zero-order valence-electron chi connectivity index (χ0n) is 20.6. The lowest BCUT2D eigenvalue weighted by molar-refractivity contribution is 0.194. The number of anilines is 1. The highest BCUT2D eigenvalue weighted by Gasteiger charge is 2.25. The van der Waals surface area contributed by atoms with Gasteiger partial charge in [-0.1, -0.05) is 11.6 Å². The number of aromatic nitrogens is 5. The molecule has 0 saturated heterocycles. The Balaban J connectivity index is 1.47. The van der Waals surface area contributed by atoms with Crippen molar-refractivity contribution >= 4 is 67.6 Å². The van der Waals surface area contributed by atoms with Crippen molar-refractivity contribution in [1.29, 1.82) is 0 Å². The predicted molar refractivity (Wildman–Crippen MR) is 147 cm³/mol. The highest BCUT2D eigenvalue weighted by atomic mass is 35.5. The van der Waals surface area contributed by atoms with E-state index < -0.39 is 18.0 Å². The number of aryl methyl sites for hydroxylation is 1. The molecule has 0 saturated carbocycles. The first-order valence-corrected chi connectivity index (χ1v) is 13.0. The van der Waals surface area contributed by atoms with Gasteiger partial charge in [-0.25, -0.2) is 34.1 Å². The number of carboxylic acid groups (broad SMARTS) is 1. The van der Waals surface area contributed by atoms with E-state index in [2.05, 4.69) is 24.9 Å². The molecule has 5 rings (SSSR count). The molecule has 1 N–H and O–H groups in total. The number of halogens is 3. The first-order chi connectivity index (χ1) is 18.7. The average molecular weight is 589 g/mol. The summed E-state index contributed by atoms with van der Waals surface area (Å²) in [6, 6.07) is 4.57. The van der Waals surface area contributed by atoms with Crippen LogP contribution in [-0.4, -0.2) is 55.9 Å². The molecule has 0 unspecified atom stereocenters. The average Bonchev–Trinajstić information content (AvgIpc) is 3.34. The van der Waals surface area contributed by atoms with Gasteiger partial charge in [0.1, 0.15) is 22.2 Å². The van der Waals surface area contributed by atoms with Gasteiger partial charge in [-0.05, 0) is 43.1 Å². The third-order valence-corrected chi connectivity index (χ3v) is 7.33. The molecule has 0 aliphatic carbocycles. The molecule has 0 spiro atoms. The van der Waals surface area contributed by atoms with Gasteiger partial charge in [-0.15, -0.1) is 11.3 Å². The molecule has 5 aromatic rings. The predicted octanol–water partition coefficient (Wildman–Crippen LogP) is 6.41. The molecule has 0 aliphatic heterocycles. The Bertz CT molecular complexity index is 1720. The van der Waals surface area contributed by atoms with Gasteiger partial charge in [0, 0.05) is 11.6 Å². The number of amides is 1. The summed E-state index contributed by atoms with van der Waals surface area (Å²) in [6.07, 6.45) is 2.81. The van der Waals surface area contributed by atoms with Crippen molar-refractivity contribution < 1.29 is 23.8 Å². The van der Waals surface area contributed by atoms with Gasteiger partial charge in [0.05, 0.1) is 53.2 Å². The summed E-state index contributed by atoms with van der Waals surface area (Å²) in [6.45, 7) is 3.34.